The maximum atomic E-state index is 4.76. The highest BCUT2D eigenvalue weighted by Gasteiger charge is 2.19. The Bertz CT molecular complexity index is 518. The van der Waals surface area contributed by atoms with E-state index in [2.05, 4.69) is 48.6 Å². The minimum Gasteiger partial charge on any atom is -0.357 e. The maximum absolute atomic E-state index is 4.76. The zero-order valence-corrected chi connectivity index (χ0v) is 17.2. The van der Waals surface area contributed by atoms with Gasteiger partial charge in [0.15, 0.2) is 5.96 Å². The van der Waals surface area contributed by atoms with Gasteiger partial charge in [-0.3, -0.25) is 4.99 Å². The molecular weight excluding hydrogens is 330 g/mol. The van der Waals surface area contributed by atoms with Crippen molar-refractivity contribution in [3.8, 4) is 0 Å². The lowest BCUT2D eigenvalue weighted by molar-refractivity contribution is 0.206. The Balaban J connectivity index is 1.79. The number of thiazole rings is 1. The predicted octanol–water partition coefficient (Wildman–Crippen LogP) is 3.24. The van der Waals surface area contributed by atoms with Crippen LogP contribution in [0.4, 0.5) is 0 Å². The number of hydrogen-bond donors (Lipinski definition) is 2. The third-order valence-electron chi connectivity index (χ3n) is 4.51. The smallest absolute Gasteiger partial charge is 0.191 e. The Labute approximate surface area is 157 Å². The topological polar surface area (TPSA) is 52.5 Å². The lowest BCUT2D eigenvalue weighted by Gasteiger charge is -2.32. The Morgan fingerprint density at radius 2 is 2.12 bits per heavy atom. The molecular formula is C19H35N5S. The molecule has 1 saturated heterocycles. The summed E-state index contributed by atoms with van der Waals surface area (Å²) in [6.07, 6.45) is 4.56. The molecule has 2 N–H and O–H groups in total. The van der Waals surface area contributed by atoms with Crippen molar-refractivity contribution in [1.29, 1.82) is 0 Å². The molecule has 1 aliphatic heterocycles. The Kier molecular flexibility index (Phi) is 8.68. The molecule has 0 aromatic carbocycles. The van der Waals surface area contributed by atoms with Crippen molar-refractivity contribution in [1.82, 2.24) is 20.5 Å². The molecule has 0 unspecified atom stereocenters. The summed E-state index contributed by atoms with van der Waals surface area (Å²) >= 11 is 1.76. The van der Waals surface area contributed by atoms with Gasteiger partial charge in [0.25, 0.3) is 0 Å². The highest BCUT2D eigenvalue weighted by Crippen LogP contribution is 2.19. The van der Waals surface area contributed by atoms with E-state index >= 15 is 0 Å². The summed E-state index contributed by atoms with van der Waals surface area (Å²) in [7, 11) is 0. The van der Waals surface area contributed by atoms with Crippen LogP contribution in [-0.2, 0) is 6.42 Å². The first-order valence-electron chi connectivity index (χ1n) is 9.83. The van der Waals surface area contributed by atoms with Crippen LogP contribution in [0.3, 0.4) is 0 Å². The molecule has 25 heavy (non-hydrogen) atoms. The van der Waals surface area contributed by atoms with Crippen molar-refractivity contribution in [2.45, 2.75) is 65.3 Å². The second kappa shape index (κ2) is 10.8. The molecule has 142 valence electrons. The Morgan fingerprint density at radius 3 is 2.72 bits per heavy atom. The van der Waals surface area contributed by atoms with Gasteiger partial charge in [-0.1, -0.05) is 20.8 Å². The molecule has 0 bridgehead atoms. The van der Waals surface area contributed by atoms with E-state index in [0.717, 1.165) is 25.5 Å². The van der Waals surface area contributed by atoms with Crippen LogP contribution in [0, 0.1) is 0 Å². The summed E-state index contributed by atoms with van der Waals surface area (Å²) in [4.78, 5) is 12.0. The monoisotopic (exact) mass is 365 g/mol. The van der Waals surface area contributed by atoms with Crippen molar-refractivity contribution < 1.29 is 0 Å². The SMILES string of the molecule is CCCN1CCC(NC(=NCCc2csc(C(C)C)n2)NCC)CC1. The van der Waals surface area contributed by atoms with Gasteiger partial charge < -0.3 is 15.5 Å². The molecule has 5 nitrogen and oxygen atoms in total. The van der Waals surface area contributed by atoms with Crippen molar-refractivity contribution in [2.24, 2.45) is 4.99 Å². The van der Waals surface area contributed by atoms with Gasteiger partial charge in [-0.15, -0.1) is 11.3 Å². The molecule has 0 aliphatic carbocycles. The van der Waals surface area contributed by atoms with Crippen LogP contribution < -0.4 is 10.6 Å². The second-order valence-electron chi connectivity index (χ2n) is 7.10. The summed E-state index contributed by atoms with van der Waals surface area (Å²) in [5.41, 5.74) is 1.17. The van der Waals surface area contributed by atoms with Crippen LogP contribution in [0.15, 0.2) is 10.4 Å². The molecule has 0 radical (unpaired) electrons. The zero-order valence-electron chi connectivity index (χ0n) is 16.3. The number of guanidine groups is 1. The molecule has 6 heteroatoms. The molecule has 1 aromatic heterocycles. The largest absolute Gasteiger partial charge is 0.357 e. The van der Waals surface area contributed by atoms with Gasteiger partial charge in [0.1, 0.15) is 0 Å². The molecule has 2 rings (SSSR count). The highest BCUT2D eigenvalue weighted by atomic mass is 32.1. The van der Waals surface area contributed by atoms with Gasteiger partial charge in [0, 0.05) is 49.9 Å². The van der Waals surface area contributed by atoms with Gasteiger partial charge in [-0.2, -0.15) is 0 Å². The third-order valence-corrected chi connectivity index (χ3v) is 5.71. The lowest BCUT2D eigenvalue weighted by atomic mass is 10.1. The fourth-order valence-corrected chi connectivity index (χ4v) is 3.98. The molecule has 1 fully saturated rings. The number of aliphatic imine (C=N–C) groups is 1. The average molecular weight is 366 g/mol. The van der Waals surface area contributed by atoms with E-state index in [1.165, 1.54) is 49.6 Å². The lowest BCUT2D eigenvalue weighted by Crippen LogP contribution is -2.48. The first kappa shape index (κ1) is 20.2. The highest BCUT2D eigenvalue weighted by molar-refractivity contribution is 7.09. The van der Waals surface area contributed by atoms with E-state index in [1.807, 2.05) is 0 Å². The minimum absolute atomic E-state index is 0.514. The van der Waals surface area contributed by atoms with E-state index in [0.29, 0.717) is 12.0 Å². The van der Waals surface area contributed by atoms with Gasteiger partial charge in [0.2, 0.25) is 0 Å². The number of likely N-dealkylation sites (tertiary alicyclic amines) is 1. The van der Waals surface area contributed by atoms with Crippen LogP contribution in [0.5, 0.6) is 0 Å². The molecule has 1 aliphatic rings. The summed E-state index contributed by atoms with van der Waals surface area (Å²) in [6, 6.07) is 0.540. The predicted molar refractivity (Wildman–Crippen MR) is 109 cm³/mol. The summed E-state index contributed by atoms with van der Waals surface area (Å²) in [5, 5.41) is 10.4. The minimum atomic E-state index is 0.514. The summed E-state index contributed by atoms with van der Waals surface area (Å²) in [6.45, 7) is 14.1. The molecule has 0 saturated carbocycles. The van der Waals surface area contributed by atoms with Gasteiger partial charge in [-0.05, 0) is 32.7 Å². The average Bonchev–Trinajstić information content (AvgIpc) is 3.06. The number of aromatic nitrogens is 1. The molecule has 0 spiro atoms. The molecule has 1 aromatic rings. The van der Waals surface area contributed by atoms with Crippen LogP contribution in [0.25, 0.3) is 0 Å². The van der Waals surface area contributed by atoms with Crippen molar-refractivity contribution >= 4 is 17.3 Å². The molecule has 0 atom stereocenters. The van der Waals surface area contributed by atoms with E-state index in [-0.39, 0.29) is 0 Å². The fourth-order valence-electron chi connectivity index (χ4n) is 3.12. The Morgan fingerprint density at radius 1 is 1.36 bits per heavy atom. The van der Waals surface area contributed by atoms with Crippen LogP contribution in [-0.4, -0.2) is 54.6 Å². The van der Waals surface area contributed by atoms with E-state index in [9.17, 15) is 0 Å². The third kappa shape index (κ3) is 6.94. The van der Waals surface area contributed by atoms with Gasteiger partial charge >= 0.3 is 0 Å². The van der Waals surface area contributed by atoms with Crippen LogP contribution >= 0.6 is 11.3 Å². The van der Waals surface area contributed by atoms with Gasteiger partial charge in [-0.25, -0.2) is 4.98 Å². The number of nitrogens with zero attached hydrogens (tertiary/aromatic N) is 3. The van der Waals surface area contributed by atoms with Crippen LogP contribution in [0.2, 0.25) is 0 Å². The fraction of sp³-hybridized carbons (Fsp3) is 0.789. The van der Waals surface area contributed by atoms with Crippen LogP contribution in [0.1, 0.15) is 63.6 Å². The first-order valence-corrected chi connectivity index (χ1v) is 10.7. The van der Waals surface area contributed by atoms with Crippen molar-refractivity contribution in [2.75, 3.05) is 32.7 Å². The van der Waals surface area contributed by atoms with E-state index < -0.39 is 0 Å². The summed E-state index contributed by atoms with van der Waals surface area (Å²) in [5.74, 6) is 1.47. The zero-order chi connectivity index (χ0) is 18.1. The van der Waals surface area contributed by atoms with Crippen molar-refractivity contribution in [3.05, 3.63) is 16.1 Å². The molecule has 0 amide bonds. The molecule has 2 heterocycles. The number of rotatable bonds is 8. The quantitative estimate of drug-likeness (QED) is 0.548. The second-order valence-corrected chi connectivity index (χ2v) is 7.99. The number of piperidine rings is 1. The standard InChI is InChI=1S/C19H35N5S/c1-5-11-24-12-8-16(9-13-24)23-19(20-6-2)21-10-7-17-14-25-18(22-17)15(3)4/h14-16H,5-13H2,1-4H3,(H2,20,21,23). The first-order chi connectivity index (χ1) is 12.1. The maximum Gasteiger partial charge on any atom is 0.191 e. The van der Waals surface area contributed by atoms with E-state index in [4.69, 9.17) is 9.98 Å². The normalized spacial score (nSPS) is 17.2. The van der Waals surface area contributed by atoms with E-state index in [1.54, 1.807) is 11.3 Å². The Hall–Kier alpha value is -1.14. The van der Waals surface area contributed by atoms with Gasteiger partial charge in [0.05, 0.1) is 10.7 Å². The number of hydrogen-bond acceptors (Lipinski definition) is 4. The summed E-state index contributed by atoms with van der Waals surface area (Å²) < 4.78 is 0. The number of nitrogens with one attached hydrogen (secondary N) is 2. The van der Waals surface area contributed by atoms with Crippen molar-refractivity contribution in [3.63, 3.8) is 0 Å².